The molecule has 4 unspecified atom stereocenters. The molecule has 3 heteroatoms. The lowest BCUT2D eigenvalue weighted by Gasteiger charge is -2.49. The Labute approximate surface area is 105 Å². The number of aliphatic hydroxyl groups is 1. The Hall–Kier alpha value is -0.380. The van der Waals surface area contributed by atoms with Gasteiger partial charge in [0.25, 0.3) is 0 Å². The number of hydrogen-bond donors (Lipinski definition) is 1. The highest BCUT2D eigenvalue weighted by Crippen LogP contribution is 2.41. The van der Waals surface area contributed by atoms with Crippen LogP contribution >= 0.6 is 0 Å². The van der Waals surface area contributed by atoms with Gasteiger partial charge in [0.2, 0.25) is 0 Å². The molecule has 0 radical (unpaired) electrons. The van der Waals surface area contributed by atoms with Crippen LogP contribution < -0.4 is 0 Å². The van der Waals surface area contributed by atoms with E-state index in [2.05, 4.69) is 34.3 Å². The summed E-state index contributed by atoms with van der Waals surface area (Å²) in [5.41, 5.74) is -0.461. The van der Waals surface area contributed by atoms with Crippen LogP contribution in [-0.2, 0) is 9.47 Å². The van der Waals surface area contributed by atoms with Gasteiger partial charge in [-0.25, -0.2) is 0 Å². The summed E-state index contributed by atoms with van der Waals surface area (Å²) in [6.45, 7) is 12.4. The molecule has 1 saturated heterocycles. The molecule has 1 fully saturated rings. The lowest BCUT2D eigenvalue weighted by atomic mass is 9.75. The van der Waals surface area contributed by atoms with Crippen LogP contribution in [0, 0.1) is 11.8 Å². The highest BCUT2D eigenvalue weighted by Gasteiger charge is 2.49. The van der Waals surface area contributed by atoms with Gasteiger partial charge in [-0.3, -0.25) is 0 Å². The highest BCUT2D eigenvalue weighted by molar-refractivity contribution is 4.95. The standard InChI is InChI=1S/C14H26O3/c1-6-9-16-13-11(5)10(4)12(15)14(7-2,8-3)17-13/h6,10-13,15H,1,7-9H2,2-5H3. The fourth-order valence-electron chi connectivity index (χ4n) is 2.61. The number of aliphatic hydroxyl groups excluding tert-OH is 1. The lowest BCUT2D eigenvalue weighted by Crippen LogP contribution is -2.58. The van der Waals surface area contributed by atoms with Crippen LogP contribution in [0.3, 0.4) is 0 Å². The molecule has 0 aromatic rings. The minimum atomic E-state index is -0.461. The smallest absolute Gasteiger partial charge is 0.161 e. The van der Waals surface area contributed by atoms with E-state index >= 15 is 0 Å². The van der Waals surface area contributed by atoms with Crippen LogP contribution in [0.5, 0.6) is 0 Å². The van der Waals surface area contributed by atoms with Crippen molar-refractivity contribution in [3.63, 3.8) is 0 Å². The summed E-state index contributed by atoms with van der Waals surface area (Å²) in [5, 5.41) is 10.4. The van der Waals surface area contributed by atoms with Gasteiger partial charge in [0.1, 0.15) is 0 Å². The predicted molar refractivity (Wildman–Crippen MR) is 68.7 cm³/mol. The summed E-state index contributed by atoms with van der Waals surface area (Å²) < 4.78 is 11.7. The molecule has 1 aliphatic heterocycles. The Bertz CT molecular complexity index is 248. The Morgan fingerprint density at radius 2 is 1.88 bits per heavy atom. The second-order valence-corrected chi connectivity index (χ2v) is 5.04. The first-order chi connectivity index (χ1) is 8.02. The van der Waals surface area contributed by atoms with E-state index in [-0.39, 0.29) is 18.1 Å². The van der Waals surface area contributed by atoms with E-state index < -0.39 is 11.7 Å². The topological polar surface area (TPSA) is 38.7 Å². The minimum absolute atomic E-state index is 0.179. The number of hydrogen-bond acceptors (Lipinski definition) is 3. The van der Waals surface area contributed by atoms with E-state index in [1.165, 1.54) is 0 Å². The zero-order valence-corrected chi connectivity index (χ0v) is 11.5. The largest absolute Gasteiger partial charge is 0.390 e. The Kier molecular flexibility index (Phi) is 5.17. The summed E-state index contributed by atoms with van der Waals surface area (Å²) >= 11 is 0. The third-order valence-corrected chi connectivity index (χ3v) is 4.22. The first-order valence-electron chi connectivity index (χ1n) is 6.60. The first-order valence-corrected chi connectivity index (χ1v) is 6.60. The average molecular weight is 242 g/mol. The van der Waals surface area contributed by atoms with Crippen molar-refractivity contribution in [1.82, 2.24) is 0 Å². The van der Waals surface area contributed by atoms with Gasteiger partial charge in [-0.1, -0.05) is 33.8 Å². The molecule has 3 nitrogen and oxygen atoms in total. The second-order valence-electron chi connectivity index (χ2n) is 5.04. The molecule has 1 heterocycles. The van der Waals surface area contributed by atoms with Gasteiger partial charge in [0.15, 0.2) is 6.29 Å². The molecule has 0 amide bonds. The van der Waals surface area contributed by atoms with Crippen molar-refractivity contribution in [2.75, 3.05) is 6.61 Å². The van der Waals surface area contributed by atoms with Crippen LogP contribution in [0.4, 0.5) is 0 Å². The molecule has 100 valence electrons. The van der Waals surface area contributed by atoms with Crippen molar-refractivity contribution in [2.24, 2.45) is 11.8 Å². The SMILES string of the molecule is C=CCOC1OC(CC)(CC)C(O)C(C)C1C. The third kappa shape index (κ3) is 2.72. The minimum Gasteiger partial charge on any atom is -0.390 e. The van der Waals surface area contributed by atoms with Crippen LogP contribution in [0.15, 0.2) is 12.7 Å². The Balaban J connectivity index is 2.85. The average Bonchev–Trinajstić information content (AvgIpc) is 2.36. The van der Waals surface area contributed by atoms with E-state index in [0.29, 0.717) is 6.61 Å². The molecular weight excluding hydrogens is 216 g/mol. The maximum Gasteiger partial charge on any atom is 0.161 e. The quantitative estimate of drug-likeness (QED) is 0.753. The monoisotopic (exact) mass is 242 g/mol. The van der Waals surface area contributed by atoms with Crippen LogP contribution in [0.25, 0.3) is 0 Å². The van der Waals surface area contributed by atoms with Gasteiger partial charge in [-0.2, -0.15) is 0 Å². The van der Waals surface area contributed by atoms with Gasteiger partial charge in [-0.15, -0.1) is 6.58 Å². The summed E-state index contributed by atoms with van der Waals surface area (Å²) in [4.78, 5) is 0. The van der Waals surface area contributed by atoms with Crippen LogP contribution in [0.1, 0.15) is 40.5 Å². The molecule has 1 N–H and O–H groups in total. The van der Waals surface area contributed by atoms with Gasteiger partial charge in [0.05, 0.1) is 18.3 Å². The normalized spacial score (nSPS) is 36.8. The Morgan fingerprint density at radius 1 is 1.29 bits per heavy atom. The molecule has 0 aliphatic carbocycles. The second kappa shape index (κ2) is 5.98. The summed E-state index contributed by atoms with van der Waals surface area (Å²) in [6.07, 6.45) is 2.67. The van der Waals surface area contributed by atoms with Crippen molar-refractivity contribution < 1.29 is 14.6 Å². The molecule has 0 bridgehead atoms. The molecule has 0 saturated carbocycles. The van der Waals surface area contributed by atoms with E-state index in [9.17, 15) is 5.11 Å². The van der Waals surface area contributed by atoms with E-state index in [0.717, 1.165) is 12.8 Å². The molecule has 4 atom stereocenters. The molecule has 17 heavy (non-hydrogen) atoms. The van der Waals surface area contributed by atoms with Gasteiger partial charge < -0.3 is 14.6 Å². The fourth-order valence-corrected chi connectivity index (χ4v) is 2.61. The third-order valence-electron chi connectivity index (χ3n) is 4.22. The molecule has 0 aromatic heterocycles. The lowest BCUT2D eigenvalue weighted by molar-refractivity contribution is -0.304. The molecule has 1 rings (SSSR count). The first kappa shape index (κ1) is 14.7. The van der Waals surface area contributed by atoms with Crippen LogP contribution in [0.2, 0.25) is 0 Å². The zero-order valence-electron chi connectivity index (χ0n) is 11.5. The van der Waals surface area contributed by atoms with Crippen molar-refractivity contribution in [1.29, 1.82) is 0 Å². The maximum atomic E-state index is 10.4. The van der Waals surface area contributed by atoms with Crippen molar-refractivity contribution in [3.05, 3.63) is 12.7 Å². The summed E-state index contributed by atoms with van der Waals surface area (Å²) in [7, 11) is 0. The van der Waals surface area contributed by atoms with E-state index in [4.69, 9.17) is 9.47 Å². The zero-order chi connectivity index (χ0) is 13.1. The Morgan fingerprint density at radius 3 is 2.35 bits per heavy atom. The molecule has 0 aromatic carbocycles. The van der Waals surface area contributed by atoms with Gasteiger partial charge in [-0.05, 0) is 18.8 Å². The fraction of sp³-hybridized carbons (Fsp3) is 0.857. The van der Waals surface area contributed by atoms with Crippen LogP contribution in [-0.4, -0.2) is 29.7 Å². The predicted octanol–water partition coefficient (Wildman–Crippen LogP) is 2.74. The molecule has 0 spiro atoms. The van der Waals surface area contributed by atoms with Gasteiger partial charge in [0, 0.05) is 5.92 Å². The van der Waals surface area contributed by atoms with Crippen molar-refractivity contribution in [3.8, 4) is 0 Å². The summed E-state index contributed by atoms with van der Waals surface area (Å²) in [5.74, 6) is 0.370. The maximum absolute atomic E-state index is 10.4. The van der Waals surface area contributed by atoms with E-state index in [1.54, 1.807) is 6.08 Å². The number of rotatable bonds is 5. The van der Waals surface area contributed by atoms with Crippen molar-refractivity contribution in [2.45, 2.75) is 58.5 Å². The highest BCUT2D eigenvalue weighted by atomic mass is 16.7. The summed E-state index contributed by atoms with van der Waals surface area (Å²) in [6, 6.07) is 0. The molecular formula is C14H26O3. The number of ether oxygens (including phenoxy) is 2. The van der Waals surface area contributed by atoms with E-state index in [1.807, 2.05) is 0 Å². The van der Waals surface area contributed by atoms with Gasteiger partial charge >= 0.3 is 0 Å². The molecule has 1 aliphatic rings. The van der Waals surface area contributed by atoms with Crippen molar-refractivity contribution >= 4 is 0 Å².